The van der Waals surface area contributed by atoms with Gasteiger partial charge in [0.05, 0.1) is 11.6 Å². The van der Waals surface area contributed by atoms with Gasteiger partial charge in [-0.2, -0.15) is 0 Å². The Hall–Kier alpha value is -0.580. The van der Waals surface area contributed by atoms with Crippen molar-refractivity contribution in [2.45, 2.75) is 5.92 Å². The molecule has 0 amide bonds. The molecule has 0 saturated carbocycles. The monoisotopic (exact) mass is 286 g/mol. The van der Waals surface area contributed by atoms with Gasteiger partial charge in [0, 0.05) is 19.0 Å². The van der Waals surface area contributed by atoms with Gasteiger partial charge in [0.25, 0.3) is 0 Å². The quantitative estimate of drug-likeness (QED) is 0.901. The molecule has 0 spiro atoms. The molecular weight excluding hydrogens is 268 g/mol. The van der Waals surface area contributed by atoms with E-state index in [1.807, 2.05) is 6.07 Å². The number of nitrogens with zero attached hydrogens (tertiary/aromatic N) is 1. The second-order valence-corrected chi connectivity index (χ2v) is 4.94. The number of ether oxygens (including phenoxy) is 1. The molecule has 0 heterocycles. The van der Waals surface area contributed by atoms with Gasteiger partial charge in [-0.1, -0.05) is 6.07 Å². The average molecular weight is 287 g/mol. The zero-order chi connectivity index (χ0) is 12.1. The third kappa shape index (κ3) is 3.47. The van der Waals surface area contributed by atoms with Crippen LogP contribution in [0.15, 0.2) is 22.7 Å². The molecule has 1 unspecified atom stereocenters. The summed E-state index contributed by atoms with van der Waals surface area (Å²) in [4.78, 5) is 2.15. The molecule has 0 aliphatic rings. The van der Waals surface area contributed by atoms with E-state index >= 15 is 0 Å². The number of hydrogen-bond donors (Lipinski definition) is 1. The number of methoxy groups -OCH3 is 1. The fourth-order valence-corrected chi connectivity index (χ4v) is 2.25. The summed E-state index contributed by atoms with van der Waals surface area (Å²) in [6.07, 6.45) is 0. The van der Waals surface area contributed by atoms with Crippen LogP contribution in [-0.4, -0.2) is 39.2 Å². The highest BCUT2D eigenvalue weighted by atomic mass is 79.9. The minimum absolute atomic E-state index is 0.359. The third-order valence-corrected chi connectivity index (χ3v) is 3.14. The smallest absolute Gasteiger partial charge is 0.133 e. The number of likely N-dealkylation sites (N-methyl/N-ethyl adjacent to an activating group) is 1. The number of benzene rings is 1. The Morgan fingerprint density at radius 1 is 1.44 bits per heavy atom. The summed E-state index contributed by atoms with van der Waals surface area (Å²) >= 11 is 3.49. The van der Waals surface area contributed by atoms with Crippen LogP contribution in [0.1, 0.15) is 11.5 Å². The summed E-state index contributed by atoms with van der Waals surface area (Å²) < 4.78 is 6.18. The Balaban J connectivity index is 2.89. The molecule has 16 heavy (non-hydrogen) atoms. The van der Waals surface area contributed by atoms with E-state index in [1.54, 1.807) is 7.11 Å². The third-order valence-electron chi connectivity index (χ3n) is 2.52. The standard InChI is InChI=1S/C12H19BrN2O/c1-15(2)8-10(7-14)9-4-5-12(16-3)11(13)6-9/h4-6,10H,7-8,14H2,1-3H3. The molecule has 0 aliphatic heterocycles. The van der Waals surface area contributed by atoms with Crippen molar-refractivity contribution in [3.05, 3.63) is 28.2 Å². The Labute approximate surface area is 106 Å². The van der Waals surface area contributed by atoms with Crippen molar-refractivity contribution >= 4 is 15.9 Å². The summed E-state index contributed by atoms with van der Waals surface area (Å²) in [5.74, 6) is 1.21. The van der Waals surface area contributed by atoms with Gasteiger partial charge in [-0.05, 0) is 47.7 Å². The van der Waals surface area contributed by atoms with Crippen molar-refractivity contribution in [2.24, 2.45) is 5.73 Å². The first kappa shape index (κ1) is 13.5. The van der Waals surface area contributed by atoms with Crippen molar-refractivity contribution in [1.82, 2.24) is 4.90 Å². The first-order chi connectivity index (χ1) is 7.58. The fraction of sp³-hybridized carbons (Fsp3) is 0.500. The zero-order valence-corrected chi connectivity index (χ0v) is 11.6. The van der Waals surface area contributed by atoms with E-state index in [9.17, 15) is 0 Å². The SMILES string of the molecule is COc1ccc(C(CN)CN(C)C)cc1Br. The molecule has 1 aromatic rings. The summed E-state index contributed by atoms with van der Waals surface area (Å²) in [6, 6.07) is 6.13. The number of halogens is 1. The molecule has 0 radical (unpaired) electrons. The highest BCUT2D eigenvalue weighted by Gasteiger charge is 2.12. The lowest BCUT2D eigenvalue weighted by Crippen LogP contribution is -2.25. The van der Waals surface area contributed by atoms with E-state index in [1.165, 1.54) is 5.56 Å². The minimum Gasteiger partial charge on any atom is -0.496 e. The van der Waals surface area contributed by atoms with Gasteiger partial charge in [0.1, 0.15) is 5.75 Å². The van der Waals surface area contributed by atoms with Crippen LogP contribution in [0, 0.1) is 0 Å². The summed E-state index contributed by atoms with van der Waals surface area (Å²) in [7, 11) is 5.78. The predicted octanol–water partition coefficient (Wildman–Crippen LogP) is 2.06. The largest absolute Gasteiger partial charge is 0.496 e. The van der Waals surface area contributed by atoms with Crippen molar-refractivity contribution < 1.29 is 4.74 Å². The van der Waals surface area contributed by atoms with Crippen LogP contribution in [0.4, 0.5) is 0 Å². The van der Waals surface area contributed by atoms with Gasteiger partial charge in [0.2, 0.25) is 0 Å². The number of nitrogens with two attached hydrogens (primary N) is 1. The lowest BCUT2D eigenvalue weighted by atomic mass is 9.99. The summed E-state index contributed by atoms with van der Waals surface area (Å²) in [5, 5.41) is 0. The normalized spacial score (nSPS) is 12.9. The van der Waals surface area contributed by atoms with Gasteiger partial charge in [-0.15, -0.1) is 0 Å². The summed E-state index contributed by atoms with van der Waals surface area (Å²) in [6.45, 7) is 1.60. The van der Waals surface area contributed by atoms with Crippen LogP contribution < -0.4 is 10.5 Å². The van der Waals surface area contributed by atoms with Crippen LogP contribution in [0.3, 0.4) is 0 Å². The average Bonchev–Trinajstić information content (AvgIpc) is 2.25. The number of rotatable bonds is 5. The highest BCUT2D eigenvalue weighted by Crippen LogP contribution is 2.28. The van der Waals surface area contributed by atoms with Crippen molar-refractivity contribution in [1.29, 1.82) is 0 Å². The van der Waals surface area contributed by atoms with Crippen molar-refractivity contribution in [3.63, 3.8) is 0 Å². The lowest BCUT2D eigenvalue weighted by Gasteiger charge is -2.20. The molecule has 0 fully saturated rings. The second-order valence-electron chi connectivity index (χ2n) is 4.09. The summed E-state index contributed by atoms with van der Waals surface area (Å²) in [5.41, 5.74) is 7.04. The maximum absolute atomic E-state index is 5.80. The molecule has 1 aromatic carbocycles. The van der Waals surface area contributed by atoms with Crippen molar-refractivity contribution in [2.75, 3.05) is 34.3 Å². The van der Waals surface area contributed by atoms with E-state index in [2.05, 4.69) is 47.1 Å². The van der Waals surface area contributed by atoms with E-state index in [0.717, 1.165) is 16.8 Å². The zero-order valence-electron chi connectivity index (χ0n) is 10.0. The van der Waals surface area contributed by atoms with Crippen LogP contribution in [0.5, 0.6) is 5.75 Å². The molecule has 3 nitrogen and oxygen atoms in total. The molecule has 0 saturated heterocycles. The van der Waals surface area contributed by atoms with Crippen LogP contribution >= 0.6 is 15.9 Å². The van der Waals surface area contributed by atoms with Gasteiger partial charge in [-0.25, -0.2) is 0 Å². The molecule has 4 heteroatoms. The van der Waals surface area contributed by atoms with Gasteiger partial charge >= 0.3 is 0 Å². The number of hydrogen-bond acceptors (Lipinski definition) is 3. The van der Waals surface area contributed by atoms with Gasteiger partial charge in [0.15, 0.2) is 0 Å². The molecule has 0 aromatic heterocycles. The Morgan fingerprint density at radius 3 is 2.56 bits per heavy atom. The molecular formula is C12H19BrN2O. The van der Waals surface area contributed by atoms with Crippen LogP contribution in [-0.2, 0) is 0 Å². The van der Waals surface area contributed by atoms with E-state index < -0.39 is 0 Å². The molecule has 0 aliphatic carbocycles. The second kappa shape index (κ2) is 6.23. The fourth-order valence-electron chi connectivity index (χ4n) is 1.69. The van der Waals surface area contributed by atoms with Crippen molar-refractivity contribution in [3.8, 4) is 5.75 Å². The Morgan fingerprint density at radius 2 is 2.12 bits per heavy atom. The molecule has 1 atom stereocenters. The Bertz CT molecular complexity index is 342. The Kier molecular flexibility index (Phi) is 5.25. The molecule has 2 N–H and O–H groups in total. The highest BCUT2D eigenvalue weighted by molar-refractivity contribution is 9.10. The minimum atomic E-state index is 0.359. The van der Waals surface area contributed by atoms with Gasteiger partial charge in [-0.3, -0.25) is 0 Å². The molecule has 1 rings (SSSR count). The maximum atomic E-state index is 5.80. The first-order valence-corrected chi connectivity index (χ1v) is 6.06. The topological polar surface area (TPSA) is 38.5 Å². The first-order valence-electron chi connectivity index (χ1n) is 5.26. The van der Waals surface area contributed by atoms with E-state index in [0.29, 0.717) is 12.5 Å². The van der Waals surface area contributed by atoms with Gasteiger partial charge < -0.3 is 15.4 Å². The van der Waals surface area contributed by atoms with Crippen LogP contribution in [0.25, 0.3) is 0 Å². The lowest BCUT2D eigenvalue weighted by molar-refractivity contribution is 0.374. The molecule has 90 valence electrons. The maximum Gasteiger partial charge on any atom is 0.133 e. The molecule has 0 bridgehead atoms. The van der Waals surface area contributed by atoms with E-state index in [-0.39, 0.29) is 0 Å². The predicted molar refractivity (Wildman–Crippen MR) is 71.0 cm³/mol. The van der Waals surface area contributed by atoms with E-state index in [4.69, 9.17) is 10.5 Å². The van der Waals surface area contributed by atoms with Crippen LogP contribution in [0.2, 0.25) is 0 Å².